The first-order valence-corrected chi connectivity index (χ1v) is 6.86. The molecule has 0 atom stereocenters. The number of esters is 1. The zero-order valence-electron chi connectivity index (χ0n) is 10.6. The van der Waals surface area contributed by atoms with Gasteiger partial charge in [0.25, 0.3) is 0 Å². The van der Waals surface area contributed by atoms with Gasteiger partial charge in [-0.2, -0.15) is 0 Å². The Balaban J connectivity index is 2.25. The summed E-state index contributed by atoms with van der Waals surface area (Å²) in [7, 11) is 1.36. The molecule has 2 rings (SSSR count). The number of hydrogen-bond acceptors (Lipinski definition) is 6. The van der Waals surface area contributed by atoms with E-state index in [4.69, 9.17) is 9.47 Å². The number of thiazole rings is 1. The minimum absolute atomic E-state index is 0.350. The summed E-state index contributed by atoms with van der Waals surface area (Å²) in [5.41, 5.74) is -0.0488. The number of nitrogens with zero attached hydrogens (tertiary/aromatic N) is 1. The Kier molecular flexibility index (Phi) is 4.31. The van der Waals surface area contributed by atoms with Crippen molar-refractivity contribution in [2.75, 3.05) is 26.9 Å². The Morgan fingerprint density at radius 1 is 1.56 bits per heavy atom. The molecule has 0 bridgehead atoms. The zero-order valence-corrected chi connectivity index (χ0v) is 11.4. The average molecular weight is 271 g/mol. The predicted octanol–water partition coefficient (Wildman–Crippen LogP) is 1.97. The minimum Gasteiger partial charge on any atom is -0.464 e. The van der Waals surface area contributed by atoms with E-state index in [1.54, 1.807) is 5.38 Å². The summed E-state index contributed by atoms with van der Waals surface area (Å²) in [6.45, 7) is 3.90. The SMILES string of the molecule is CCOC1(c2nc(C(=O)OC)cs2)CCOCC1. The number of aromatic nitrogens is 1. The first-order valence-electron chi connectivity index (χ1n) is 5.98. The molecule has 2 heterocycles. The maximum atomic E-state index is 11.4. The number of hydrogen-bond donors (Lipinski definition) is 0. The van der Waals surface area contributed by atoms with Gasteiger partial charge < -0.3 is 14.2 Å². The quantitative estimate of drug-likeness (QED) is 0.784. The maximum absolute atomic E-state index is 11.4. The lowest BCUT2D eigenvalue weighted by Gasteiger charge is -2.35. The monoisotopic (exact) mass is 271 g/mol. The summed E-state index contributed by atoms with van der Waals surface area (Å²) in [6, 6.07) is 0. The molecular weight excluding hydrogens is 254 g/mol. The molecule has 1 aromatic rings. The fraction of sp³-hybridized carbons (Fsp3) is 0.667. The van der Waals surface area contributed by atoms with Gasteiger partial charge >= 0.3 is 5.97 Å². The minimum atomic E-state index is -0.406. The predicted molar refractivity (Wildman–Crippen MR) is 66.8 cm³/mol. The van der Waals surface area contributed by atoms with Crippen LogP contribution >= 0.6 is 11.3 Å². The summed E-state index contributed by atoms with van der Waals surface area (Å²) in [5, 5.41) is 2.56. The van der Waals surface area contributed by atoms with Crippen LogP contribution in [-0.4, -0.2) is 37.9 Å². The maximum Gasteiger partial charge on any atom is 0.357 e. The number of carbonyl (C=O) groups excluding carboxylic acids is 1. The number of ether oxygens (including phenoxy) is 3. The molecule has 6 heteroatoms. The molecular formula is C12H17NO4S. The largest absolute Gasteiger partial charge is 0.464 e. The highest BCUT2D eigenvalue weighted by Gasteiger charge is 2.38. The molecule has 1 saturated heterocycles. The van der Waals surface area contributed by atoms with E-state index in [1.165, 1.54) is 18.4 Å². The lowest BCUT2D eigenvalue weighted by molar-refractivity contribution is -0.112. The van der Waals surface area contributed by atoms with Crippen molar-refractivity contribution >= 4 is 17.3 Å². The van der Waals surface area contributed by atoms with Crippen LogP contribution in [-0.2, 0) is 19.8 Å². The van der Waals surface area contributed by atoms with Crippen LogP contribution in [0.5, 0.6) is 0 Å². The van der Waals surface area contributed by atoms with Crippen LogP contribution in [0.15, 0.2) is 5.38 Å². The van der Waals surface area contributed by atoms with Gasteiger partial charge in [0.2, 0.25) is 0 Å². The van der Waals surface area contributed by atoms with Gasteiger partial charge in [-0.05, 0) is 6.92 Å². The summed E-state index contributed by atoms with van der Waals surface area (Å²) in [4.78, 5) is 15.8. The molecule has 0 amide bonds. The fourth-order valence-corrected chi connectivity index (χ4v) is 3.08. The molecule has 0 spiro atoms. The van der Waals surface area contributed by atoms with Gasteiger partial charge in [0.15, 0.2) is 5.69 Å². The second kappa shape index (κ2) is 5.77. The molecule has 0 unspecified atom stereocenters. The van der Waals surface area contributed by atoms with Gasteiger partial charge in [0.1, 0.15) is 10.6 Å². The van der Waals surface area contributed by atoms with E-state index >= 15 is 0 Å². The number of carbonyl (C=O) groups is 1. The fourth-order valence-electron chi connectivity index (χ4n) is 2.08. The molecule has 0 saturated carbocycles. The molecule has 0 N–H and O–H groups in total. The van der Waals surface area contributed by atoms with Gasteiger partial charge in [-0.3, -0.25) is 0 Å². The Morgan fingerprint density at radius 2 is 2.28 bits per heavy atom. The normalized spacial score (nSPS) is 18.6. The Bertz CT molecular complexity index is 406. The third-order valence-corrected chi connectivity index (χ3v) is 4.04. The molecule has 5 nitrogen and oxygen atoms in total. The van der Waals surface area contributed by atoms with Crippen LogP contribution in [0.2, 0.25) is 0 Å². The standard InChI is InChI=1S/C12H17NO4S/c1-3-17-12(4-6-16-7-5-12)11-13-9(8-18-11)10(14)15-2/h8H,3-7H2,1-2H3. The zero-order chi connectivity index (χ0) is 13.0. The van der Waals surface area contributed by atoms with E-state index in [9.17, 15) is 4.79 Å². The molecule has 0 radical (unpaired) electrons. The summed E-state index contributed by atoms with van der Waals surface area (Å²) in [5.74, 6) is -0.406. The van der Waals surface area contributed by atoms with Gasteiger partial charge in [-0.1, -0.05) is 0 Å². The van der Waals surface area contributed by atoms with Crippen LogP contribution in [0, 0.1) is 0 Å². The summed E-state index contributed by atoms with van der Waals surface area (Å²) in [6.07, 6.45) is 1.55. The van der Waals surface area contributed by atoms with Gasteiger partial charge in [-0.15, -0.1) is 11.3 Å². The summed E-state index contributed by atoms with van der Waals surface area (Å²) < 4.78 is 15.9. The van der Waals surface area contributed by atoms with E-state index in [1.807, 2.05) is 6.92 Å². The lowest BCUT2D eigenvalue weighted by Crippen LogP contribution is -2.36. The van der Waals surface area contributed by atoms with Crippen LogP contribution in [0.25, 0.3) is 0 Å². The van der Waals surface area contributed by atoms with Crippen molar-refractivity contribution < 1.29 is 19.0 Å². The molecule has 1 aliphatic heterocycles. The van der Waals surface area contributed by atoms with Crippen molar-refractivity contribution in [2.45, 2.75) is 25.4 Å². The van der Waals surface area contributed by atoms with Gasteiger partial charge in [0, 0.05) is 38.0 Å². The first-order chi connectivity index (χ1) is 8.72. The van der Waals surface area contributed by atoms with Crippen molar-refractivity contribution in [1.82, 2.24) is 4.98 Å². The highest BCUT2D eigenvalue weighted by Crippen LogP contribution is 2.37. The molecule has 1 aromatic heterocycles. The van der Waals surface area contributed by atoms with Crippen LogP contribution < -0.4 is 0 Å². The highest BCUT2D eigenvalue weighted by atomic mass is 32.1. The lowest BCUT2D eigenvalue weighted by atomic mass is 9.95. The van der Waals surface area contributed by atoms with E-state index in [0.29, 0.717) is 25.5 Å². The molecule has 18 heavy (non-hydrogen) atoms. The number of rotatable bonds is 4. The number of methoxy groups -OCH3 is 1. The van der Waals surface area contributed by atoms with Gasteiger partial charge in [0.05, 0.1) is 7.11 Å². The first kappa shape index (κ1) is 13.5. The Labute approximate surface area is 110 Å². The van der Waals surface area contributed by atoms with Crippen molar-refractivity contribution in [2.24, 2.45) is 0 Å². The Hall–Kier alpha value is -0.980. The molecule has 0 aromatic carbocycles. The van der Waals surface area contributed by atoms with Crippen molar-refractivity contribution in [3.63, 3.8) is 0 Å². The molecule has 1 aliphatic rings. The van der Waals surface area contributed by atoms with Gasteiger partial charge in [-0.25, -0.2) is 9.78 Å². The van der Waals surface area contributed by atoms with Crippen LogP contribution in [0.3, 0.4) is 0 Å². The van der Waals surface area contributed by atoms with E-state index in [0.717, 1.165) is 17.8 Å². The van der Waals surface area contributed by atoms with E-state index in [2.05, 4.69) is 9.72 Å². The second-order valence-corrected chi connectivity index (χ2v) is 4.93. The topological polar surface area (TPSA) is 57.7 Å². The van der Waals surface area contributed by atoms with Crippen LogP contribution in [0.4, 0.5) is 0 Å². The average Bonchev–Trinajstić information content (AvgIpc) is 2.89. The second-order valence-electron chi connectivity index (χ2n) is 4.07. The van der Waals surface area contributed by atoms with Crippen molar-refractivity contribution in [3.8, 4) is 0 Å². The highest BCUT2D eigenvalue weighted by molar-refractivity contribution is 7.10. The van der Waals surface area contributed by atoms with Crippen molar-refractivity contribution in [3.05, 3.63) is 16.1 Å². The van der Waals surface area contributed by atoms with E-state index < -0.39 is 11.6 Å². The smallest absolute Gasteiger partial charge is 0.357 e. The van der Waals surface area contributed by atoms with Crippen molar-refractivity contribution in [1.29, 1.82) is 0 Å². The third kappa shape index (κ3) is 2.55. The third-order valence-electron chi connectivity index (χ3n) is 3.01. The molecule has 100 valence electrons. The molecule has 1 fully saturated rings. The summed E-state index contributed by atoms with van der Waals surface area (Å²) >= 11 is 1.45. The van der Waals surface area contributed by atoms with Crippen LogP contribution in [0.1, 0.15) is 35.3 Å². The molecule has 0 aliphatic carbocycles. The van der Waals surface area contributed by atoms with E-state index in [-0.39, 0.29) is 0 Å². The Morgan fingerprint density at radius 3 is 2.89 bits per heavy atom.